The Labute approximate surface area is 186 Å². The van der Waals surface area contributed by atoms with E-state index in [2.05, 4.69) is 38.7 Å². The van der Waals surface area contributed by atoms with E-state index in [0.717, 1.165) is 75.5 Å². The molecule has 2 fully saturated rings. The first-order valence-electron chi connectivity index (χ1n) is 10.9. The Kier molecular flexibility index (Phi) is 5.87. The topological polar surface area (TPSA) is 83.7 Å². The lowest BCUT2D eigenvalue weighted by Crippen LogP contribution is -2.46. The molecule has 3 aromatic heterocycles. The van der Waals surface area contributed by atoms with Crippen LogP contribution >= 0.6 is 11.3 Å². The molecule has 3 aromatic rings. The van der Waals surface area contributed by atoms with Crippen LogP contribution in [0.3, 0.4) is 0 Å². The summed E-state index contributed by atoms with van der Waals surface area (Å²) >= 11 is 1.78. The Morgan fingerprint density at radius 1 is 0.871 bits per heavy atom. The smallest absolute Gasteiger partial charge is 0.240 e. The van der Waals surface area contributed by atoms with Crippen LogP contribution in [0, 0.1) is 20.8 Å². The van der Waals surface area contributed by atoms with E-state index >= 15 is 0 Å². The van der Waals surface area contributed by atoms with E-state index < -0.39 is 0 Å². The second-order valence-electron chi connectivity index (χ2n) is 8.31. The molecule has 0 aliphatic carbocycles. The number of rotatable bonds is 5. The molecule has 5 heterocycles. The van der Waals surface area contributed by atoms with Crippen LogP contribution in [0.2, 0.25) is 0 Å². The SMILES string of the molecule is Cc1noc(CN2CCN(c3nc(CN4CCOCC4)nc4sc(C)c(C)c34)CC2)n1. The van der Waals surface area contributed by atoms with Crippen LogP contribution in [0.4, 0.5) is 5.82 Å². The number of anilines is 1. The molecular formula is C21H29N7O2S. The number of nitrogens with zero attached hydrogens (tertiary/aromatic N) is 7. The highest BCUT2D eigenvalue weighted by molar-refractivity contribution is 7.18. The van der Waals surface area contributed by atoms with Crippen molar-refractivity contribution in [1.82, 2.24) is 29.9 Å². The Morgan fingerprint density at radius 3 is 2.32 bits per heavy atom. The highest BCUT2D eigenvalue weighted by atomic mass is 32.1. The van der Waals surface area contributed by atoms with Gasteiger partial charge in [0.25, 0.3) is 0 Å². The van der Waals surface area contributed by atoms with Gasteiger partial charge in [0.15, 0.2) is 5.82 Å². The molecule has 0 spiro atoms. The van der Waals surface area contributed by atoms with Crippen molar-refractivity contribution in [3.8, 4) is 0 Å². The highest BCUT2D eigenvalue weighted by Crippen LogP contribution is 2.35. The lowest BCUT2D eigenvalue weighted by molar-refractivity contribution is 0.0331. The summed E-state index contributed by atoms with van der Waals surface area (Å²) in [6.45, 7) is 14.9. The minimum Gasteiger partial charge on any atom is -0.379 e. The summed E-state index contributed by atoms with van der Waals surface area (Å²) in [5.41, 5.74) is 1.30. The monoisotopic (exact) mass is 443 g/mol. The van der Waals surface area contributed by atoms with Crippen molar-refractivity contribution in [2.24, 2.45) is 0 Å². The molecule has 2 aliphatic rings. The second-order valence-corrected chi connectivity index (χ2v) is 9.52. The van der Waals surface area contributed by atoms with E-state index in [1.165, 1.54) is 15.8 Å². The Morgan fingerprint density at radius 2 is 1.61 bits per heavy atom. The van der Waals surface area contributed by atoms with E-state index in [4.69, 9.17) is 19.2 Å². The summed E-state index contributed by atoms with van der Waals surface area (Å²) in [6, 6.07) is 0. The van der Waals surface area contributed by atoms with Crippen LogP contribution in [0.15, 0.2) is 4.52 Å². The van der Waals surface area contributed by atoms with E-state index in [1.807, 2.05) is 6.92 Å². The van der Waals surface area contributed by atoms with Crippen LogP contribution in [0.5, 0.6) is 0 Å². The molecule has 2 saturated heterocycles. The lowest BCUT2D eigenvalue weighted by atomic mass is 10.2. The summed E-state index contributed by atoms with van der Waals surface area (Å²) in [4.78, 5) is 23.9. The fourth-order valence-corrected chi connectivity index (χ4v) is 5.29. The van der Waals surface area contributed by atoms with Crippen LogP contribution in [-0.2, 0) is 17.8 Å². The summed E-state index contributed by atoms with van der Waals surface area (Å²) in [5.74, 6) is 3.37. The van der Waals surface area contributed by atoms with Gasteiger partial charge in [-0.1, -0.05) is 5.16 Å². The van der Waals surface area contributed by atoms with Gasteiger partial charge in [-0.2, -0.15) is 4.98 Å². The average molecular weight is 444 g/mol. The minimum atomic E-state index is 0.687. The molecule has 0 amide bonds. The Hall–Kier alpha value is -2.14. The molecule has 0 radical (unpaired) electrons. The van der Waals surface area contributed by atoms with E-state index in [1.54, 1.807) is 11.3 Å². The maximum absolute atomic E-state index is 5.49. The van der Waals surface area contributed by atoms with Crippen LogP contribution in [0.25, 0.3) is 10.2 Å². The molecule has 0 bridgehead atoms. The minimum absolute atomic E-state index is 0.687. The third-order valence-electron chi connectivity index (χ3n) is 6.12. The molecule has 9 nitrogen and oxygen atoms in total. The quantitative estimate of drug-likeness (QED) is 0.589. The van der Waals surface area contributed by atoms with Gasteiger partial charge in [0.2, 0.25) is 5.89 Å². The zero-order valence-corrected chi connectivity index (χ0v) is 19.2. The zero-order chi connectivity index (χ0) is 21.4. The second kappa shape index (κ2) is 8.78. The maximum Gasteiger partial charge on any atom is 0.240 e. The van der Waals surface area contributed by atoms with Crippen molar-refractivity contribution in [1.29, 1.82) is 0 Å². The highest BCUT2D eigenvalue weighted by Gasteiger charge is 2.25. The zero-order valence-electron chi connectivity index (χ0n) is 18.4. The third kappa shape index (κ3) is 4.43. The van der Waals surface area contributed by atoms with E-state index in [-0.39, 0.29) is 0 Å². The van der Waals surface area contributed by atoms with Gasteiger partial charge in [-0.3, -0.25) is 9.80 Å². The van der Waals surface area contributed by atoms with Crippen LogP contribution in [-0.4, -0.2) is 82.4 Å². The number of piperazine rings is 1. The van der Waals surface area contributed by atoms with Crippen LogP contribution in [0.1, 0.15) is 28.0 Å². The van der Waals surface area contributed by atoms with Gasteiger partial charge in [-0.05, 0) is 26.3 Å². The van der Waals surface area contributed by atoms with Crippen molar-refractivity contribution >= 4 is 27.4 Å². The van der Waals surface area contributed by atoms with Gasteiger partial charge >= 0.3 is 0 Å². The number of ether oxygens (including phenoxy) is 1. The molecule has 0 atom stereocenters. The maximum atomic E-state index is 5.49. The number of fused-ring (bicyclic) bond motifs is 1. The van der Waals surface area contributed by atoms with Gasteiger partial charge in [0, 0.05) is 44.1 Å². The predicted octanol–water partition coefficient (Wildman–Crippen LogP) is 2.15. The molecule has 10 heteroatoms. The first-order valence-corrected chi connectivity index (χ1v) is 11.7. The van der Waals surface area contributed by atoms with Crippen molar-refractivity contribution in [2.45, 2.75) is 33.9 Å². The van der Waals surface area contributed by atoms with Crippen molar-refractivity contribution in [2.75, 3.05) is 57.4 Å². The summed E-state index contributed by atoms with van der Waals surface area (Å²) in [5, 5.41) is 5.11. The fourth-order valence-electron chi connectivity index (χ4n) is 4.24. The molecule has 0 aromatic carbocycles. The first kappa shape index (κ1) is 20.7. The number of thiophene rings is 1. The van der Waals surface area contributed by atoms with E-state index in [0.29, 0.717) is 18.3 Å². The summed E-state index contributed by atoms with van der Waals surface area (Å²) in [6.07, 6.45) is 0. The standard InChI is InChI=1S/C21H29N7O2S/c1-14-15(2)31-21-19(14)20(23-17(24-21)12-27-8-10-29-11-9-27)28-6-4-26(5-7-28)13-18-22-16(3)25-30-18/h4-13H2,1-3H3. The molecule has 0 unspecified atom stereocenters. The molecule has 166 valence electrons. The first-order chi connectivity index (χ1) is 15.1. The Balaban J connectivity index is 1.36. The normalized spacial score (nSPS) is 18.9. The number of aromatic nitrogens is 4. The van der Waals surface area contributed by atoms with Crippen molar-refractivity contribution in [3.63, 3.8) is 0 Å². The molecule has 5 rings (SSSR count). The van der Waals surface area contributed by atoms with Crippen molar-refractivity contribution in [3.05, 3.63) is 28.0 Å². The number of morpholine rings is 1. The van der Waals surface area contributed by atoms with E-state index in [9.17, 15) is 0 Å². The molecular weight excluding hydrogens is 414 g/mol. The lowest BCUT2D eigenvalue weighted by Gasteiger charge is -2.35. The Bertz CT molecular complexity index is 1050. The largest absolute Gasteiger partial charge is 0.379 e. The number of aryl methyl sites for hydroxylation is 3. The molecule has 0 saturated carbocycles. The summed E-state index contributed by atoms with van der Waals surface area (Å²) < 4.78 is 10.8. The van der Waals surface area contributed by atoms with Gasteiger partial charge < -0.3 is 14.2 Å². The van der Waals surface area contributed by atoms with Gasteiger partial charge in [-0.25, -0.2) is 9.97 Å². The van der Waals surface area contributed by atoms with Gasteiger partial charge in [-0.15, -0.1) is 11.3 Å². The van der Waals surface area contributed by atoms with Crippen LogP contribution < -0.4 is 4.90 Å². The van der Waals surface area contributed by atoms with Crippen molar-refractivity contribution < 1.29 is 9.26 Å². The molecule has 31 heavy (non-hydrogen) atoms. The number of hydrogen-bond donors (Lipinski definition) is 0. The summed E-state index contributed by atoms with van der Waals surface area (Å²) in [7, 11) is 0. The number of hydrogen-bond acceptors (Lipinski definition) is 10. The average Bonchev–Trinajstić information content (AvgIpc) is 3.31. The molecule has 0 N–H and O–H groups in total. The third-order valence-corrected chi connectivity index (χ3v) is 7.23. The molecule has 2 aliphatic heterocycles. The fraction of sp³-hybridized carbons (Fsp3) is 0.619. The van der Waals surface area contributed by atoms with Gasteiger partial charge in [0.1, 0.15) is 16.5 Å². The van der Waals surface area contributed by atoms with Gasteiger partial charge in [0.05, 0.1) is 31.7 Å². The predicted molar refractivity (Wildman–Crippen MR) is 120 cm³/mol.